The monoisotopic (exact) mass is 400 g/mol. The lowest BCUT2D eigenvalue weighted by molar-refractivity contribution is -0.672. The van der Waals surface area contributed by atoms with Gasteiger partial charge in [-0.15, -0.1) is 16.4 Å². The fourth-order valence-electron chi connectivity index (χ4n) is 3.74. The highest BCUT2D eigenvalue weighted by Crippen LogP contribution is 2.32. The summed E-state index contributed by atoms with van der Waals surface area (Å²) in [4.78, 5) is 6.51. The Hall–Kier alpha value is -3.22. The summed E-state index contributed by atoms with van der Waals surface area (Å²) in [6.07, 6.45) is 4.02. The molecule has 0 bridgehead atoms. The van der Waals surface area contributed by atoms with Crippen LogP contribution < -0.4 is 5.32 Å². The number of nitrogens with two attached hydrogens (primary N) is 1. The van der Waals surface area contributed by atoms with Gasteiger partial charge >= 0.3 is 0 Å². The number of hydrogen-bond donors (Lipinski definition) is 2. The average molecular weight is 401 g/mol. The molecule has 6 heteroatoms. The van der Waals surface area contributed by atoms with Crippen molar-refractivity contribution in [2.45, 2.75) is 12.5 Å². The molecule has 0 fully saturated rings. The van der Waals surface area contributed by atoms with Gasteiger partial charge in [0.1, 0.15) is 12.2 Å². The minimum absolute atomic E-state index is 0.343. The highest BCUT2D eigenvalue weighted by molar-refractivity contribution is 7.10. The predicted octanol–water partition coefficient (Wildman–Crippen LogP) is 3.71. The van der Waals surface area contributed by atoms with E-state index in [0.717, 1.165) is 24.5 Å². The van der Waals surface area contributed by atoms with Crippen molar-refractivity contribution in [1.82, 2.24) is 20.0 Å². The van der Waals surface area contributed by atoms with Crippen LogP contribution in [0, 0.1) is 0 Å². The third-order valence-electron chi connectivity index (χ3n) is 5.17. The van der Waals surface area contributed by atoms with Gasteiger partial charge < -0.3 is 10.3 Å². The molecule has 0 amide bonds. The summed E-state index contributed by atoms with van der Waals surface area (Å²) in [7, 11) is 0. The van der Waals surface area contributed by atoms with Crippen molar-refractivity contribution < 1.29 is 5.32 Å². The Labute approximate surface area is 173 Å². The van der Waals surface area contributed by atoms with Gasteiger partial charge in [-0.25, -0.2) is 0 Å². The van der Waals surface area contributed by atoms with E-state index in [1.807, 2.05) is 47.9 Å². The van der Waals surface area contributed by atoms with Crippen LogP contribution in [0.3, 0.4) is 0 Å². The van der Waals surface area contributed by atoms with Crippen LogP contribution in [-0.4, -0.2) is 26.5 Å². The highest BCUT2D eigenvalue weighted by atomic mass is 32.1. The standard InChI is InChI=1S/C23H21N5S/c1-2-7-18(8-3-1)28-26-14-17(27-28)13-24-15-21(23-11-6-12-29-23)20-16-25-22-10-5-4-9-19(20)22/h1-12,14,16,21,24-25H,13,15H2/p+1/t21-/m1/s1. The molecule has 29 heavy (non-hydrogen) atoms. The molecule has 2 aromatic carbocycles. The van der Waals surface area contributed by atoms with Crippen LogP contribution in [0.2, 0.25) is 0 Å². The maximum atomic E-state index is 4.62. The topological polar surface area (TPSA) is 63.1 Å². The summed E-state index contributed by atoms with van der Waals surface area (Å²) in [6, 6.07) is 22.9. The third-order valence-corrected chi connectivity index (χ3v) is 6.15. The lowest BCUT2D eigenvalue weighted by atomic mass is 9.96. The number of nitrogens with one attached hydrogen (secondary N) is 1. The van der Waals surface area contributed by atoms with Crippen molar-refractivity contribution >= 4 is 22.2 Å². The summed E-state index contributed by atoms with van der Waals surface area (Å²) in [5.74, 6) is 0.343. The number of aromatic amines is 1. The second-order valence-corrected chi connectivity index (χ2v) is 8.03. The molecule has 0 radical (unpaired) electrons. The Morgan fingerprint density at radius 3 is 2.72 bits per heavy atom. The van der Waals surface area contributed by atoms with Gasteiger partial charge in [0.15, 0.2) is 0 Å². The number of quaternary nitrogens is 1. The van der Waals surface area contributed by atoms with Gasteiger partial charge in [0.05, 0.1) is 24.3 Å². The van der Waals surface area contributed by atoms with Gasteiger partial charge in [-0.3, -0.25) is 0 Å². The Bertz CT molecular complexity index is 1190. The summed E-state index contributed by atoms with van der Waals surface area (Å²) in [5.41, 5.74) is 4.51. The van der Waals surface area contributed by atoms with Gasteiger partial charge in [0, 0.05) is 22.0 Å². The van der Waals surface area contributed by atoms with E-state index < -0.39 is 0 Å². The van der Waals surface area contributed by atoms with Crippen LogP contribution >= 0.6 is 11.3 Å². The molecule has 0 aliphatic rings. The van der Waals surface area contributed by atoms with Crippen LogP contribution in [0.4, 0.5) is 0 Å². The Balaban J connectivity index is 1.33. The number of para-hydroxylation sites is 2. The number of aromatic nitrogens is 4. The first-order chi connectivity index (χ1) is 14.4. The van der Waals surface area contributed by atoms with Crippen LogP contribution in [0.5, 0.6) is 0 Å². The van der Waals surface area contributed by atoms with E-state index in [1.165, 1.54) is 21.3 Å². The molecule has 0 saturated heterocycles. The molecular weight excluding hydrogens is 378 g/mol. The maximum Gasteiger partial charge on any atom is 0.137 e. The van der Waals surface area contributed by atoms with E-state index in [2.05, 4.69) is 68.5 Å². The molecule has 3 heterocycles. The minimum Gasteiger partial charge on any atom is -0.361 e. The molecule has 3 aromatic heterocycles. The lowest BCUT2D eigenvalue weighted by Gasteiger charge is -2.13. The fraction of sp³-hybridized carbons (Fsp3) is 0.130. The van der Waals surface area contributed by atoms with Crippen molar-refractivity contribution in [1.29, 1.82) is 0 Å². The number of thiophene rings is 1. The van der Waals surface area contributed by atoms with Crippen LogP contribution in [0.25, 0.3) is 16.6 Å². The van der Waals surface area contributed by atoms with E-state index in [1.54, 1.807) is 4.80 Å². The van der Waals surface area contributed by atoms with Gasteiger partial charge in [0.2, 0.25) is 0 Å². The van der Waals surface area contributed by atoms with E-state index in [-0.39, 0.29) is 0 Å². The number of H-pyrrole nitrogens is 1. The smallest absolute Gasteiger partial charge is 0.137 e. The second kappa shape index (κ2) is 8.03. The predicted molar refractivity (Wildman–Crippen MR) is 116 cm³/mol. The second-order valence-electron chi connectivity index (χ2n) is 7.05. The molecule has 0 spiro atoms. The molecule has 0 saturated carbocycles. The fourth-order valence-corrected chi connectivity index (χ4v) is 4.60. The summed E-state index contributed by atoms with van der Waals surface area (Å²) in [5, 5.41) is 14.8. The molecule has 5 aromatic rings. The zero-order chi connectivity index (χ0) is 19.5. The molecule has 1 atom stereocenters. The Kier molecular flexibility index (Phi) is 4.94. The van der Waals surface area contributed by atoms with Crippen molar-refractivity contribution in [2.24, 2.45) is 0 Å². The molecular formula is C23H22N5S+. The van der Waals surface area contributed by atoms with E-state index in [9.17, 15) is 0 Å². The number of rotatable bonds is 7. The van der Waals surface area contributed by atoms with Crippen molar-refractivity contribution in [3.63, 3.8) is 0 Å². The molecule has 5 rings (SSSR count). The molecule has 3 N–H and O–H groups in total. The quantitative estimate of drug-likeness (QED) is 0.437. The van der Waals surface area contributed by atoms with E-state index >= 15 is 0 Å². The first-order valence-corrected chi connectivity index (χ1v) is 10.6. The first kappa shape index (κ1) is 17.8. The Morgan fingerprint density at radius 2 is 1.86 bits per heavy atom. The van der Waals surface area contributed by atoms with Crippen molar-refractivity contribution in [3.05, 3.63) is 101 Å². The summed E-state index contributed by atoms with van der Waals surface area (Å²) < 4.78 is 0. The lowest BCUT2D eigenvalue weighted by Crippen LogP contribution is -2.83. The number of nitrogens with zero attached hydrogens (tertiary/aromatic N) is 3. The molecule has 0 aliphatic carbocycles. The van der Waals surface area contributed by atoms with Crippen molar-refractivity contribution in [2.75, 3.05) is 6.54 Å². The third kappa shape index (κ3) is 3.72. The highest BCUT2D eigenvalue weighted by Gasteiger charge is 2.21. The maximum absolute atomic E-state index is 4.62. The zero-order valence-corrected chi connectivity index (χ0v) is 16.7. The normalized spacial score (nSPS) is 12.4. The van der Waals surface area contributed by atoms with Gasteiger partial charge in [-0.05, 0) is 35.2 Å². The molecule has 5 nitrogen and oxygen atoms in total. The number of hydrogen-bond acceptors (Lipinski definition) is 3. The zero-order valence-electron chi connectivity index (χ0n) is 15.9. The number of benzene rings is 2. The van der Waals surface area contributed by atoms with Crippen molar-refractivity contribution in [3.8, 4) is 5.69 Å². The summed E-state index contributed by atoms with van der Waals surface area (Å²) >= 11 is 1.82. The molecule has 144 valence electrons. The summed E-state index contributed by atoms with van der Waals surface area (Å²) in [6.45, 7) is 1.76. The Morgan fingerprint density at radius 1 is 1.00 bits per heavy atom. The van der Waals surface area contributed by atoms with Crippen LogP contribution in [0.1, 0.15) is 22.1 Å². The van der Waals surface area contributed by atoms with Gasteiger partial charge in [0.25, 0.3) is 0 Å². The first-order valence-electron chi connectivity index (χ1n) is 9.76. The minimum atomic E-state index is 0.343. The van der Waals surface area contributed by atoms with Gasteiger partial charge in [-0.2, -0.15) is 9.90 Å². The van der Waals surface area contributed by atoms with Crippen LogP contribution in [0.15, 0.2) is 84.5 Å². The average Bonchev–Trinajstić information content (AvgIpc) is 3.53. The molecule has 0 aliphatic heterocycles. The van der Waals surface area contributed by atoms with E-state index in [0.29, 0.717) is 5.92 Å². The van der Waals surface area contributed by atoms with Crippen LogP contribution in [-0.2, 0) is 6.54 Å². The molecule has 0 unspecified atom stereocenters. The van der Waals surface area contributed by atoms with Gasteiger partial charge in [-0.1, -0.05) is 42.5 Å². The largest absolute Gasteiger partial charge is 0.361 e. The number of fused-ring (bicyclic) bond motifs is 1. The van der Waals surface area contributed by atoms with E-state index in [4.69, 9.17) is 0 Å². The SMILES string of the molecule is c1ccc(-n2ncc(C[NH2+]C[C@@H](c3cccs3)c3c[nH]c4ccccc34)n2)cc1.